The molecule has 1 aliphatic rings. The molecule has 0 spiro atoms. The zero-order valence-electron chi connectivity index (χ0n) is 22.2. The SMILES string of the molecule is CNC(=O)c1ccc(C)c(Nc2nc(OC3CCN(C)CC3)nc(N(C)CC(C)(C)C)c2[N+](=O)[O-])c1. The molecule has 1 saturated heterocycles. The van der Waals surface area contributed by atoms with Crippen LogP contribution in [-0.4, -0.2) is 72.6 Å². The molecular formula is C25H37N7O4. The largest absolute Gasteiger partial charge is 0.460 e. The molecule has 0 bridgehead atoms. The van der Waals surface area contributed by atoms with Gasteiger partial charge < -0.3 is 25.2 Å². The molecule has 0 atom stereocenters. The zero-order chi connectivity index (χ0) is 26.6. The minimum absolute atomic E-state index is 0.0193. The van der Waals surface area contributed by atoms with Crippen molar-refractivity contribution in [3.8, 4) is 6.01 Å². The number of hydrogen-bond donors (Lipinski definition) is 2. The molecule has 36 heavy (non-hydrogen) atoms. The van der Waals surface area contributed by atoms with Crippen molar-refractivity contribution in [1.29, 1.82) is 0 Å². The van der Waals surface area contributed by atoms with Crippen molar-refractivity contribution in [1.82, 2.24) is 20.2 Å². The summed E-state index contributed by atoms with van der Waals surface area (Å²) < 4.78 is 6.15. The fourth-order valence-corrected chi connectivity index (χ4v) is 4.21. The zero-order valence-corrected chi connectivity index (χ0v) is 22.2. The summed E-state index contributed by atoms with van der Waals surface area (Å²) in [5.74, 6) is -0.0616. The Morgan fingerprint density at radius 3 is 2.53 bits per heavy atom. The fourth-order valence-electron chi connectivity index (χ4n) is 4.21. The average molecular weight is 500 g/mol. The van der Waals surface area contributed by atoms with Gasteiger partial charge in [-0.3, -0.25) is 14.9 Å². The van der Waals surface area contributed by atoms with Crippen molar-refractivity contribution in [3.63, 3.8) is 0 Å². The highest BCUT2D eigenvalue weighted by atomic mass is 16.6. The van der Waals surface area contributed by atoms with Gasteiger partial charge in [0, 0.05) is 45.0 Å². The number of aryl methyl sites for hydroxylation is 1. The van der Waals surface area contributed by atoms with Crippen molar-refractivity contribution < 1.29 is 14.5 Å². The quantitative estimate of drug-likeness (QED) is 0.412. The number of rotatable bonds is 8. The number of ether oxygens (including phenoxy) is 1. The van der Waals surface area contributed by atoms with E-state index in [-0.39, 0.29) is 40.8 Å². The van der Waals surface area contributed by atoms with Crippen molar-refractivity contribution in [3.05, 3.63) is 39.4 Å². The minimum atomic E-state index is -0.478. The van der Waals surface area contributed by atoms with Crippen LogP contribution >= 0.6 is 0 Å². The minimum Gasteiger partial charge on any atom is -0.460 e. The van der Waals surface area contributed by atoms with Crippen molar-refractivity contribution >= 4 is 28.9 Å². The summed E-state index contributed by atoms with van der Waals surface area (Å²) >= 11 is 0. The lowest BCUT2D eigenvalue weighted by Gasteiger charge is -2.30. The third kappa shape index (κ3) is 6.81. The molecule has 1 aromatic heterocycles. The average Bonchev–Trinajstić information content (AvgIpc) is 2.79. The molecule has 2 aromatic rings. The Bertz CT molecular complexity index is 1110. The summed E-state index contributed by atoms with van der Waals surface area (Å²) in [5, 5.41) is 18.0. The molecule has 2 N–H and O–H groups in total. The molecule has 11 heteroatoms. The van der Waals surface area contributed by atoms with E-state index in [1.54, 1.807) is 37.2 Å². The molecule has 0 saturated carbocycles. The van der Waals surface area contributed by atoms with Gasteiger partial charge in [-0.15, -0.1) is 0 Å². The van der Waals surface area contributed by atoms with Gasteiger partial charge in [-0.2, -0.15) is 9.97 Å². The molecule has 0 unspecified atom stereocenters. The van der Waals surface area contributed by atoms with E-state index in [4.69, 9.17) is 4.74 Å². The van der Waals surface area contributed by atoms with Gasteiger partial charge in [-0.1, -0.05) is 26.8 Å². The van der Waals surface area contributed by atoms with Crippen LogP contribution in [0.3, 0.4) is 0 Å². The lowest BCUT2D eigenvalue weighted by atomic mass is 9.96. The van der Waals surface area contributed by atoms with Gasteiger partial charge in [0.25, 0.3) is 5.91 Å². The first kappa shape index (κ1) is 27.1. The second-order valence-corrected chi connectivity index (χ2v) is 10.6. The highest BCUT2D eigenvalue weighted by molar-refractivity contribution is 5.95. The summed E-state index contributed by atoms with van der Waals surface area (Å²) in [6.45, 7) is 10.3. The predicted octanol–water partition coefficient (Wildman–Crippen LogP) is 3.75. The van der Waals surface area contributed by atoms with Crippen LogP contribution < -0.4 is 20.3 Å². The summed E-state index contributed by atoms with van der Waals surface area (Å²) in [6, 6.07) is 5.22. The normalized spacial score (nSPS) is 14.9. The number of anilines is 3. The highest BCUT2D eigenvalue weighted by Gasteiger charge is 2.31. The van der Waals surface area contributed by atoms with Crippen LogP contribution in [0, 0.1) is 22.5 Å². The van der Waals surface area contributed by atoms with Crippen LogP contribution in [-0.2, 0) is 0 Å². The number of piperidine rings is 1. The second kappa shape index (κ2) is 11.1. The van der Waals surface area contributed by atoms with E-state index >= 15 is 0 Å². The van der Waals surface area contributed by atoms with Crippen LogP contribution in [0.5, 0.6) is 6.01 Å². The Morgan fingerprint density at radius 1 is 1.28 bits per heavy atom. The standard InChI is InChI=1S/C25H37N7O4/c1-16-8-9-17(23(33)26-5)14-19(16)27-21-20(32(34)35)22(31(7)15-25(2,3)4)29-24(28-21)36-18-10-12-30(6)13-11-18/h8-9,14,18H,10-13,15H2,1-7H3,(H,26,33)(H,27,28,29). The van der Waals surface area contributed by atoms with Gasteiger partial charge in [0.2, 0.25) is 11.6 Å². The maximum absolute atomic E-state index is 12.3. The van der Waals surface area contributed by atoms with Crippen LogP contribution in [0.15, 0.2) is 18.2 Å². The molecule has 1 fully saturated rings. The highest BCUT2D eigenvalue weighted by Crippen LogP contribution is 2.37. The van der Waals surface area contributed by atoms with Crippen LogP contribution in [0.2, 0.25) is 0 Å². The lowest BCUT2D eigenvalue weighted by molar-refractivity contribution is -0.383. The van der Waals surface area contributed by atoms with E-state index in [2.05, 4.69) is 53.3 Å². The number of nitrogens with one attached hydrogen (secondary N) is 2. The Morgan fingerprint density at radius 2 is 1.94 bits per heavy atom. The number of aromatic nitrogens is 2. The smallest absolute Gasteiger partial charge is 0.354 e. The van der Waals surface area contributed by atoms with Crippen LogP contribution in [0.1, 0.15) is 49.5 Å². The molecule has 1 aliphatic heterocycles. The second-order valence-electron chi connectivity index (χ2n) is 10.6. The first-order valence-electron chi connectivity index (χ1n) is 12.1. The first-order chi connectivity index (χ1) is 16.9. The number of hydrogen-bond acceptors (Lipinski definition) is 9. The van der Waals surface area contributed by atoms with Gasteiger partial charge in [0.1, 0.15) is 6.10 Å². The Labute approximate surface area is 212 Å². The molecular weight excluding hydrogens is 462 g/mol. The maximum Gasteiger partial charge on any atom is 0.354 e. The van der Waals surface area contributed by atoms with Gasteiger partial charge in [0.15, 0.2) is 0 Å². The van der Waals surface area contributed by atoms with E-state index in [0.29, 0.717) is 17.8 Å². The number of likely N-dealkylation sites (tertiary alicyclic amines) is 1. The number of nitrogens with zero attached hydrogens (tertiary/aromatic N) is 5. The molecule has 3 rings (SSSR count). The van der Waals surface area contributed by atoms with E-state index in [0.717, 1.165) is 31.5 Å². The summed E-state index contributed by atoms with van der Waals surface area (Å²) in [7, 11) is 5.39. The van der Waals surface area contributed by atoms with Gasteiger partial charge in [-0.25, -0.2) is 0 Å². The van der Waals surface area contributed by atoms with Crippen molar-refractivity contribution in [2.45, 2.75) is 46.6 Å². The Kier molecular flexibility index (Phi) is 8.34. The van der Waals surface area contributed by atoms with Crippen molar-refractivity contribution in [2.24, 2.45) is 5.41 Å². The molecule has 0 aliphatic carbocycles. The summed E-state index contributed by atoms with van der Waals surface area (Å²) in [6.07, 6.45) is 1.56. The Hall–Kier alpha value is -3.47. The molecule has 0 radical (unpaired) electrons. The van der Waals surface area contributed by atoms with Crippen molar-refractivity contribution in [2.75, 3.05) is 51.0 Å². The number of carbonyl (C=O) groups is 1. The van der Waals surface area contributed by atoms with Crippen LogP contribution in [0.4, 0.5) is 23.0 Å². The molecule has 196 valence electrons. The molecule has 11 nitrogen and oxygen atoms in total. The number of amides is 1. The Balaban J connectivity index is 2.08. The van der Waals surface area contributed by atoms with E-state index in [9.17, 15) is 14.9 Å². The topological polar surface area (TPSA) is 126 Å². The van der Waals surface area contributed by atoms with E-state index in [1.807, 2.05) is 6.92 Å². The monoisotopic (exact) mass is 499 g/mol. The van der Waals surface area contributed by atoms with E-state index < -0.39 is 4.92 Å². The molecule has 1 aromatic carbocycles. The third-order valence-corrected chi connectivity index (χ3v) is 6.02. The predicted molar refractivity (Wildman–Crippen MR) is 140 cm³/mol. The van der Waals surface area contributed by atoms with Gasteiger partial charge in [0.05, 0.1) is 4.92 Å². The van der Waals surface area contributed by atoms with Gasteiger partial charge in [-0.05, 0) is 49.9 Å². The molecule has 1 amide bonds. The number of benzene rings is 1. The number of carbonyl (C=O) groups excluding carboxylic acids is 1. The fraction of sp³-hybridized carbons (Fsp3) is 0.560. The molecule has 2 heterocycles. The van der Waals surface area contributed by atoms with E-state index in [1.165, 1.54) is 0 Å². The third-order valence-electron chi connectivity index (χ3n) is 6.02. The maximum atomic E-state index is 12.3. The summed E-state index contributed by atoms with van der Waals surface area (Å²) in [4.78, 5) is 36.9. The number of nitro groups is 1. The van der Waals surface area contributed by atoms with Gasteiger partial charge >= 0.3 is 11.7 Å². The van der Waals surface area contributed by atoms with Crippen LogP contribution in [0.25, 0.3) is 0 Å². The summed E-state index contributed by atoms with van der Waals surface area (Å²) in [5.41, 5.74) is 1.39. The lowest BCUT2D eigenvalue weighted by Crippen LogP contribution is -2.36. The first-order valence-corrected chi connectivity index (χ1v) is 12.1.